The highest BCUT2D eigenvalue weighted by Crippen LogP contribution is 2.23. The van der Waals surface area contributed by atoms with Crippen molar-refractivity contribution in [2.24, 2.45) is 4.99 Å². The van der Waals surface area contributed by atoms with E-state index >= 15 is 0 Å². The molecule has 0 aliphatic rings. The van der Waals surface area contributed by atoms with Crippen molar-refractivity contribution in [3.8, 4) is 16.3 Å². The van der Waals surface area contributed by atoms with Gasteiger partial charge in [-0.1, -0.05) is 42.5 Å². The molecule has 0 aliphatic carbocycles. The summed E-state index contributed by atoms with van der Waals surface area (Å²) in [6.07, 6.45) is 0. The summed E-state index contributed by atoms with van der Waals surface area (Å²) >= 11 is 1.65. The molecule has 2 aromatic carbocycles. The number of hydrogen-bond acceptors (Lipinski definition) is 4. The zero-order chi connectivity index (χ0) is 18.2. The van der Waals surface area contributed by atoms with E-state index in [1.165, 1.54) is 0 Å². The van der Waals surface area contributed by atoms with Gasteiger partial charge in [0.15, 0.2) is 5.96 Å². The van der Waals surface area contributed by atoms with Gasteiger partial charge in [-0.15, -0.1) is 35.3 Å². The van der Waals surface area contributed by atoms with Crippen LogP contribution in [0.25, 0.3) is 10.6 Å². The van der Waals surface area contributed by atoms with Crippen LogP contribution < -0.4 is 15.4 Å². The lowest BCUT2D eigenvalue weighted by atomic mass is 10.2. The lowest BCUT2D eigenvalue weighted by molar-refractivity contribution is 0.414. The van der Waals surface area contributed by atoms with Crippen molar-refractivity contribution in [2.75, 3.05) is 14.2 Å². The molecule has 0 saturated heterocycles. The Morgan fingerprint density at radius 3 is 2.41 bits per heavy atom. The molecule has 3 rings (SSSR count). The molecule has 5 nitrogen and oxygen atoms in total. The van der Waals surface area contributed by atoms with Crippen molar-refractivity contribution in [2.45, 2.75) is 13.1 Å². The van der Waals surface area contributed by atoms with Crippen molar-refractivity contribution >= 4 is 41.3 Å². The average molecular weight is 494 g/mol. The van der Waals surface area contributed by atoms with Gasteiger partial charge in [0.2, 0.25) is 0 Å². The first-order valence-electron chi connectivity index (χ1n) is 8.36. The molecule has 0 radical (unpaired) electrons. The van der Waals surface area contributed by atoms with Crippen LogP contribution >= 0.6 is 35.3 Å². The maximum Gasteiger partial charge on any atom is 0.191 e. The Morgan fingerprint density at radius 2 is 1.74 bits per heavy atom. The number of nitrogens with zero attached hydrogens (tertiary/aromatic N) is 2. The van der Waals surface area contributed by atoms with Crippen molar-refractivity contribution in [3.05, 3.63) is 71.2 Å². The minimum Gasteiger partial charge on any atom is -0.497 e. The fraction of sp³-hybridized carbons (Fsp3) is 0.200. The van der Waals surface area contributed by atoms with E-state index in [0.29, 0.717) is 13.1 Å². The zero-order valence-corrected chi connectivity index (χ0v) is 18.5. The molecule has 0 saturated carbocycles. The van der Waals surface area contributed by atoms with Crippen LogP contribution in [0.1, 0.15) is 11.3 Å². The van der Waals surface area contributed by atoms with Crippen LogP contribution in [-0.2, 0) is 13.1 Å². The zero-order valence-electron chi connectivity index (χ0n) is 15.3. The van der Waals surface area contributed by atoms with Gasteiger partial charge in [0.25, 0.3) is 0 Å². The third-order valence-electron chi connectivity index (χ3n) is 3.85. The van der Waals surface area contributed by atoms with E-state index in [1.54, 1.807) is 25.5 Å². The predicted octanol–water partition coefficient (Wildman–Crippen LogP) is 4.30. The summed E-state index contributed by atoms with van der Waals surface area (Å²) in [7, 11) is 3.43. The molecule has 142 valence electrons. The number of ether oxygens (including phenoxy) is 1. The van der Waals surface area contributed by atoms with E-state index < -0.39 is 0 Å². The second-order valence-electron chi connectivity index (χ2n) is 5.64. The quantitative estimate of drug-likeness (QED) is 0.305. The summed E-state index contributed by atoms with van der Waals surface area (Å²) in [6.45, 7) is 1.32. The first-order chi connectivity index (χ1) is 12.8. The average Bonchev–Trinajstić information content (AvgIpc) is 3.18. The van der Waals surface area contributed by atoms with Gasteiger partial charge >= 0.3 is 0 Å². The summed E-state index contributed by atoms with van der Waals surface area (Å²) in [6, 6.07) is 18.2. The number of halogens is 1. The number of aromatic nitrogens is 1. The maximum atomic E-state index is 5.17. The molecule has 0 atom stereocenters. The fourth-order valence-corrected chi connectivity index (χ4v) is 3.25. The molecule has 7 heteroatoms. The third-order valence-corrected chi connectivity index (χ3v) is 4.79. The van der Waals surface area contributed by atoms with Crippen molar-refractivity contribution in [3.63, 3.8) is 0 Å². The number of hydrogen-bond donors (Lipinski definition) is 2. The van der Waals surface area contributed by atoms with Crippen molar-refractivity contribution in [1.82, 2.24) is 15.6 Å². The SMILES string of the molecule is CN=C(NCc1ccc(OC)cc1)NCc1csc(-c2ccccc2)n1.I. The predicted molar refractivity (Wildman–Crippen MR) is 123 cm³/mol. The number of benzene rings is 2. The number of rotatable bonds is 6. The minimum absolute atomic E-state index is 0. The van der Waals surface area contributed by atoms with Crippen LogP contribution in [0.4, 0.5) is 0 Å². The Kier molecular flexibility index (Phi) is 8.53. The Labute approximate surface area is 180 Å². The Bertz CT molecular complexity index is 850. The normalized spacial score (nSPS) is 10.8. The van der Waals surface area contributed by atoms with Crippen molar-refractivity contribution in [1.29, 1.82) is 0 Å². The van der Waals surface area contributed by atoms with Gasteiger partial charge in [-0.3, -0.25) is 4.99 Å². The molecule has 3 aromatic rings. The van der Waals surface area contributed by atoms with Crippen LogP contribution in [-0.4, -0.2) is 25.1 Å². The highest BCUT2D eigenvalue weighted by atomic mass is 127. The molecular weight excluding hydrogens is 471 g/mol. The maximum absolute atomic E-state index is 5.17. The number of methoxy groups -OCH3 is 1. The first kappa shape index (κ1) is 21.2. The van der Waals surface area contributed by atoms with E-state index in [9.17, 15) is 0 Å². The molecule has 1 heterocycles. The summed E-state index contributed by atoms with van der Waals surface area (Å²) in [4.78, 5) is 8.95. The second kappa shape index (κ2) is 10.9. The molecule has 0 unspecified atom stereocenters. The van der Waals surface area contributed by atoms with Gasteiger partial charge in [-0.25, -0.2) is 4.98 Å². The Hall–Kier alpha value is -2.13. The van der Waals surface area contributed by atoms with Gasteiger partial charge in [-0.2, -0.15) is 0 Å². The van der Waals surface area contributed by atoms with Gasteiger partial charge in [-0.05, 0) is 17.7 Å². The lowest BCUT2D eigenvalue weighted by Gasteiger charge is -2.11. The summed E-state index contributed by atoms with van der Waals surface area (Å²) in [5, 5.41) is 9.71. The van der Waals surface area contributed by atoms with Crippen LogP contribution in [0.3, 0.4) is 0 Å². The van der Waals surface area contributed by atoms with Crippen LogP contribution in [0, 0.1) is 0 Å². The number of guanidine groups is 1. The number of nitrogens with one attached hydrogen (secondary N) is 2. The van der Waals surface area contributed by atoms with E-state index in [-0.39, 0.29) is 24.0 Å². The molecule has 1 aromatic heterocycles. The molecule has 0 aliphatic heterocycles. The smallest absolute Gasteiger partial charge is 0.191 e. The van der Waals surface area contributed by atoms with Gasteiger partial charge in [0.05, 0.1) is 19.3 Å². The number of aliphatic imine (C=N–C) groups is 1. The molecule has 0 bridgehead atoms. The molecule has 27 heavy (non-hydrogen) atoms. The van der Waals surface area contributed by atoms with Gasteiger partial charge < -0.3 is 15.4 Å². The molecule has 0 spiro atoms. The standard InChI is InChI=1S/C20H22N4OS.HI/c1-21-20(22-12-15-8-10-18(25-2)11-9-15)23-13-17-14-26-19(24-17)16-6-4-3-5-7-16;/h3-11,14H,12-13H2,1-2H3,(H2,21,22,23);1H. The largest absolute Gasteiger partial charge is 0.497 e. The summed E-state index contributed by atoms with van der Waals surface area (Å²) in [5.74, 6) is 1.60. The van der Waals surface area contributed by atoms with Gasteiger partial charge in [0.1, 0.15) is 10.8 Å². The minimum atomic E-state index is 0. The Morgan fingerprint density at radius 1 is 1.04 bits per heavy atom. The van der Waals surface area contributed by atoms with Crippen LogP contribution in [0.15, 0.2) is 65.0 Å². The second-order valence-corrected chi connectivity index (χ2v) is 6.50. The van der Waals surface area contributed by atoms with E-state index in [1.807, 2.05) is 42.5 Å². The van der Waals surface area contributed by atoms with Gasteiger partial charge in [0, 0.05) is 24.5 Å². The molecule has 0 amide bonds. The van der Waals surface area contributed by atoms with Crippen LogP contribution in [0.2, 0.25) is 0 Å². The van der Waals surface area contributed by atoms with E-state index in [2.05, 4.69) is 38.1 Å². The molecular formula is C20H23IN4OS. The highest BCUT2D eigenvalue weighted by molar-refractivity contribution is 14.0. The topological polar surface area (TPSA) is 58.5 Å². The monoisotopic (exact) mass is 494 g/mol. The van der Waals surface area contributed by atoms with Crippen molar-refractivity contribution < 1.29 is 4.74 Å². The Balaban J connectivity index is 0.00000261. The van der Waals surface area contributed by atoms with E-state index in [4.69, 9.17) is 4.74 Å². The van der Waals surface area contributed by atoms with E-state index in [0.717, 1.165) is 33.5 Å². The molecule has 2 N–H and O–H groups in total. The highest BCUT2D eigenvalue weighted by Gasteiger charge is 2.05. The molecule has 0 fully saturated rings. The third kappa shape index (κ3) is 6.21. The summed E-state index contributed by atoms with van der Waals surface area (Å²) < 4.78 is 5.17. The lowest BCUT2D eigenvalue weighted by Crippen LogP contribution is -2.36. The first-order valence-corrected chi connectivity index (χ1v) is 9.23. The van der Waals surface area contributed by atoms with Crippen LogP contribution in [0.5, 0.6) is 5.75 Å². The number of thiazole rings is 1. The summed E-state index contributed by atoms with van der Waals surface area (Å²) in [5.41, 5.74) is 3.31. The fourth-order valence-electron chi connectivity index (χ4n) is 2.43.